The van der Waals surface area contributed by atoms with Crippen molar-refractivity contribution >= 4 is 34.8 Å². The van der Waals surface area contributed by atoms with Gasteiger partial charge in [-0.05, 0) is 29.8 Å². The molecule has 0 saturated carbocycles. The zero-order valence-corrected chi connectivity index (χ0v) is 10.3. The van der Waals surface area contributed by atoms with Gasteiger partial charge in [-0.2, -0.15) is 0 Å². The molecule has 1 nitrogen and oxygen atoms in total. The number of halogens is 3. The standard InChI is InChI=1S/C12H7Cl3O/c13-8-3-1-2-7(4-8)9-5-12(16)11(15)6-10(9)14/h1-6,16H. The molecule has 0 aromatic heterocycles. The molecular weight excluding hydrogens is 266 g/mol. The molecule has 0 atom stereocenters. The van der Waals surface area contributed by atoms with Crippen molar-refractivity contribution in [2.75, 3.05) is 0 Å². The van der Waals surface area contributed by atoms with Gasteiger partial charge >= 0.3 is 0 Å². The number of benzene rings is 2. The Kier molecular flexibility index (Phi) is 3.29. The van der Waals surface area contributed by atoms with Crippen molar-refractivity contribution in [3.8, 4) is 16.9 Å². The van der Waals surface area contributed by atoms with Gasteiger partial charge in [0.05, 0.1) is 10.0 Å². The fourth-order valence-electron chi connectivity index (χ4n) is 1.41. The molecule has 0 aliphatic heterocycles. The lowest BCUT2D eigenvalue weighted by Gasteiger charge is -2.07. The van der Waals surface area contributed by atoms with Crippen LogP contribution in [0.15, 0.2) is 36.4 Å². The average molecular weight is 274 g/mol. The van der Waals surface area contributed by atoms with Crippen LogP contribution in [0.2, 0.25) is 15.1 Å². The minimum Gasteiger partial charge on any atom is -0.506 e. The van der Waals surface area contributed by atoms with E-state index in [0.29, 0.717) is 15.6 Å². The number of hydrogen-bond acceptors (Lipinski definition) is 1. The lowest BCUT2D eigenvalue weighted by Crippen LogP contribution is -1.81. The van der Waals surface area contributed by atoms with Gasteiger partial charge in [-0.25, -0.2) is 0 Å². The monoisotopic (exact) mass is 272 g/mol. The Labute approximate surface area is 108 Å². The number of phenolic OH excluding ortho intramolecular Hbond substituents is 1. The van der Waals surface area contributed by atoms with Gasteiger partial charge < -0.3 is 5.11 Å². The van der Waals surface area contributed by atoms with E-state index < -0.39 is 0 Å². The molecule has 0 bridgehead atoms. The molecule has 0 amide bonds. The van der Waals surface area contributed by atoms with Gasteiger partial charge in [-0.3, -0.25) is 0 Å². The first-order valence-corrected chi connectivity index (χ1v) is 5.65. The summed E-state index contributed by atoms with van der Waals surface area (Å²) in [6.45, 7) is 0. The topological polar surface area (TPSA) is 20.2 Å². The summed E-state index contributed by atoms with van der Waals surface area (Å²) in [5.41, 5.74) is 1.54. The number of phenols is 1. The summed E-state index contributed by atoms with van der Waals surface area (Å²) < 4.78 is 0. The third kappa shape index (κ3) is 2.27. The van der Waals surface area contributed by atoms with Crippen molar-refractivity contribution in [1.82, 2.24) is 0 Å². The quantitative estimate of drug-likeness (QED) is 0.773. The van der Waals surface area contributed by atoms with Gasteiger partial charge in [0.15, 0.2) is 0 Å². The highest BCUT2D eigenvalue weighted by atomic mass is 35.5. The van der Waals surface area contributed by atoms with E-state index in [1.807, 2.05) is 12.1 Å². The fraction of sp³-hybridized carbons (Fsp3) is 0. The van der Waals surface area contributed by atoms with E-state index in [1.165, 1.54) is 12.1 Å². The Morgan fingerprint density at radius 2 is 1.62 bits per heavy atom. The molecule has 82 valence electrons. The van der Waals surface area contributed by atoms with E-state index in [0.717, 1.165) is 5.56 Å². The zero-order valence-electron chi connectivity index (χ0n) is 8.05. The van der Waals surface area contributed by atoms with Gasteiger partial charge in [-0.15, -0.1) is 0 Å². The largest absolute Gasteiger partial charge is 0.506 e. The van der Waals surface area contributed by atoms with Crippen molar-refractivity contribution < 1.29 is 5.11 Å². The molecule has 4 heteroatoms. The molecule has 0 aliphatic carbocycles. The highest BCUT2D eigenvalue weighted by Crippen LogP contribution is 2.36. The summed E-state index contributed by atoms with van der Waals surface area (Å²) in [5, 5.41) is 10.9. The van der Waals surface area contributed by atoms with Crippen LogP contribution in [0.25, 0.3) is 11.1 Å². The SMILES string of the molecule is Oc1cc(-c2cccc(Cl)c2)c(Cl)cc1Cl. The third-order valence-corrected chi connectivity index (χ3v) is 3.02. The fourth-order valence-corrected chi connectivity index (χ4v) is 2.10. The lowest BCUT2D eigenvalue weighted by molar-refractivity contribution is 0.476. The van der Waals surface area contributed by atoms with Crippen LogP contribution >= 0.6 is 34.8 Å². The molecule has 0 aliphatic rings. The summed E-state index contributed by atoms with van der Waals surface area (Å²) in [7, 11) is 0. The van der Waals surface area contributed by atoms with Crippen LogP contribution in [0, 0.1) is 0 Å². The lowest BCUT2D eigenvalue weighted by atomic mass is 10.1. The second kappa shape index (κ2) is 4.54. The van der Waals surface area contributed by atoms with Crippen LogP contribution in [0.1, 0.15) is 0 Å². The maximum Gasteiger partial charge on any atom is 0.134 e. The second-order valence-electron chi connectivity index (χ2n) is 3.29. The highest BCUT2D eigenvalue weighted by Gasteiger charge is 2.08. The Morgan fingerprint density at radius 1 is 0.875 bits per heavy atom. The molecule has 0 heterocycles. The molecule has 16 heavy (non-hydrogen) atoms. The van der Waals surface area contributed by atoms with Crippen LogP contribution in [0.3, 0.4) is 0 Å². The van der Waals surface area contributed by atoms with E-state index in [-0.39, 0.29) is 10.8 Å². The Balaban J connectivity index is 2.60. The van der Waals surface area contributed by atoms with Crippen LogP contribution in [0.4, 0.5) is 0 Å². The van der Waals surface area contributed by atoms with Crippen LogP contribution in [0.5, 0.6) is 5.75 Å². The molecule has 0 radical (unpaired) electrons. The van der Waals surface area contributed by atoms with Crippen molar-refractivity contribution in [2.24, 2.45) is 0 Å². The van der Waals surface area contributed by atoms with Crippen molar-refractivity contribution in [1.29, 1.82) is 0 Å². The minimum atomic E-state index is 0.000965. The summed E-state index contributed by atoms with van der Waals surface area (Å²) in [4.78, 5) is 0. The summed E-state index contributed by atoms with van der Waals surface area (Å²) in [6, 6.07) is 10.3. The van der Waals surface area contributed by atoms with E-state index in [4.69, 9.17) is 34.8 Å². The molecule has 2 aromatic rings. The number of hydrogen-bond donors (Lipinski definition) is 1. The molecular formula is C12H7Cl3O. The van der Waals surface area contributed by atoms with Crippen molar-refractivity contribution in [3.63, 3.8) is 0 Å². The number of rotatable bonds is 1. The van der Waals surface area contributed by atoms with Crippen molar-refractivity contribution in [2.45, 2.75) is 0 Å². The molecule has 0 unspecified atom stereocenters. The van der Waals surface area contributed by atoms with Gasteiger partial charge in [-0.1, -0.05) is 46.9 Å². The molecule has 2 aromatic carbocycles. The second-order valence-corrected chi connectivity index (χ2v) is 4.54. The predicted molar refractivity (Wildman–Crippen MR) is 68.6 cm³/mol. The molecule has 1 N–H and O–H groups in total. The first-order valence-electron chi connectivity index (χ1n) is 4.52. The van der Waals surface area contributed by atoms with Crippen LogP contribution < -0.4 is 0 Å². The Bertz CT molecular complexity index is 538. The van der Waals surface area contributed by atoms with Gasteiger partial charge in [0.25, 0.3) is 0 Å². The van der Waals surface area contributed by atoms with E-state index in [9.17, 15) is 5.11 Å². The maximum absolute atomic E-state index is 9.53. The van der Waals surface area contributed by atoms with Gasteiger partial charge in [0.2, 0.25) is 0 Å². The number of aromatic hydroxyl groups is 1. The van der Waals surface area contributed by atoms with Crippen LogP contribution in [-0.2, 0) is 0 Å². The Morgan fingerprint density at radius 3 is 2.31 bits per heavy atom. The summed E-state index contributed by atoms with van der Waals surface area (Å²) in [6.07, 6.45) is 0. The van der Waals surface area contributed by atoms with E-state index >= 15 is 0 Å². The van der Waals surface area contributed by atoms with Crippen molar-refractivity contribution in [3.05, 3.63) is 51.5 Å². The Hall–Kier alpha value is -0.890. The molecule has 0 spiro atoms. The average Bonchev–Trinajstić information content (AvgIpc) is 2.23. The summed E-state index contributed by atoms with van der Waals surface area (Å²) >= 11 is 17.7. The molecule has 2 rings (SSSR count). The highest BCUT2D eigenvalue weighted by molar-refractivity contribution is 6.37. The minimum absolute atomic E-state index is 0.000965. The predicted octanol–water partition coefficient (Wildman–Crippen LogP) is 5.02. The first kappa shape index (κ1) is 11.6. The van der Waals surface area contributed by atoms with Crippen LogP contribution in [-0.4, -0.2) is 5.11 Å². The van der Waals surface area contributed by atoms with Gasteiger partial charge in [0, 0.05) is 10.6 Å². The zero-order chi connectivity index (χ0) is 11.7. The van der Waals surface area contributed by atoms with E-state index in [2.05, 4.69) is 0 Å². The molecule has 0 saturated heterocycles. The van der Waals surface area contributed by atoms with E-state index in [1.54, 1.807) is 12.1 Å². The molecule has 0 fully saturated rings. The first-order chi connectivity index (χ1) is 7.58. The maximum atomic E-state index is 9.53. The van der Waals surface area contributed by atoms with Gasteiger partial charge in [0.1, 0.15) is 5.75 Å². The normalized spacial score (nSPS) is 10.4. The third-order valence-electron chi connectivity index (χ3n) is 2.17. The summed E-state index contributed by atoms with van der Waals surface area (Å²) in [5.74, 6) is 0.000965. The smallest absolute Gasteiger partial charge is 0.134 e.